The summed E-state index contributed by atoms with van der Waals surface area (Å²) in [6, 6.07) is -0.487. The first-order chi connectivity index (χ1) is 8.68. The van der Waals surface area contributed by atoms with Gasteiger partial charge >= 0.3 is 20.3 Å². The van der Waals surface area contributed by atoms with Crippen molar-refractivity contribution in [3.63, 3.8) is 0 Å². The minimum atomic E-state index is -3.86. The van der Waals surface area contributed by atoms with Crippen LogP contribution in [0.1, 0.15) is 0 Å². The maximum Gasteiger partial charge on any atom is 0.316 e. The highest BCUT2D eigenvalue weighted by Crippen LogP contribution is 2.16. The highest BCUT2D eigenvalue weighted by atomic mass is 32.2. The molecule has 0 saturated heterocycles. The number of ether oxygens (including phenoxy) is 3. The molecular weight excluding hydrogens is 262 g/mol. The van der Waals surface area contributed by atoms with Gasteiger partial charge in [-0.1, -0.05) is 0 Å². The Labute approximate surface area is 103 Å². The van der Waals surface area contributed by atoms with E-state index in [0.29, 0.717) is 25.6 Å². The first-order valence-electron chi connectivity index (χ1n) is 5.48. The van der Waals surface area contributed by atoms with E-state index in [1.807, 2.05) is 0 Å². The van der Waals surface area contributed by atoms with Gasteiger partial charge in [0.05, 0.1) is 13.1 Å². The maximum atomic E-state index is 12.0. The van der Waals surface area contributed by atoms with Gasteiger partial charge in [0.15, 0.2) is 6.04 Å². The Kier molecular flexibility index (Phi) is 2.69. The lowest BCUT2D eigenvalue weighted by molar-refractivity contribution is 0.301. The Morgan fingerprint density at radius 3 is 2.44 bits per heavy atom. The monoisotopic (exact) mass is 273 g/mol. The second-order valence-corrected chi connectivity index (χ2v) is 5.50. The van der Waals surface area contributed by atoms with Gasteiger partial charge in [0.25, 0.3) is 0 Å². The van der Waals surface area contributed by atoms with Crippen molar-refractivity contribution in [2.75, 3.05) is 32.9 Å². The molecule has 3 rings (SSSR count). The molecule has 98 valence electrons. The molecule has 18 heavy (non-hydrogen) atoms. The summed E-state index contributed by atoms with van der Waals surface area (Å²) >= 11 is 0. The largest absolute Gasteiger partial charge is 0.477 e. The molecule has 0 spiro atoms. The van der Waals surface area contributed by atoms with Crippen molar-refractivity contribution < 1.29 is 22.6 Å². The van der Waals surface area contributed by atoms with Gasteiger partial charge < -0.3 is 14.2 Å². The fourth-order valence-electron chi connectivity index (χ4n) is 1.73. The SMILES string of the molecule is O=S(=O)(C1=NCCO1)C1=NC(C2=NCCO2)CO1. The molecule has 3 aliphatic rings. The molecule has 1 atom stereocenters. The van der Waals surface area contributed by atoms with Crippen LogP contribution in [0.2, 0.25) is 0 Å². The van der Waals surface area contributed by atoms with Crippen LogP contribution in [-0.2, 0) is 24.0 Å². The van der Waals surface area contributed by atoms with E-state index in [1.54, 1.807) is 0 Å². The smallest absolute Gasteiger partial charge is 0.316 e. The topological polar surface area (TPSA) is 98.9 Å². The van der Waals surface area contributed by atoms with Gasteiger partial charge in [0.2, 0.25) is 5.90 Å². The van der Waals surface area contributed by atoms with E-state index < -0.39 is 15.9 Å². The predicted octanol–water partition coefficient (Wildman–Crippen LogP) is -1.03. The van der Waals surface area contributed by atoms with E-state index in [4.69, 9.17) is 14.2 Å². The van der Waals surface area contributed by atoms with Crippen LogP contribution in [0, 0.1) is 0 Å². The summed E-state index contributed by atoms with van der Waals surface area (Å²) in [6.07, 6.45) is 0. The number of hydrogen-bond donors (Lipinski definition) is 0. The lowest BCUT2D eigenvalue weighted by Crippen LogP contribution is -2.24. The van der Waals surface area contributed by atoms with Crippen LogP contribution in [0.3, 0.4) is 0 Å². The molecule has 0 N–H and O–H groups in total. The minimum absolute atomic E-state index is 0.112. The molecule has 0 saturated carbocycles. The maximum absolute atomic E-state index is 12.0. The van der Waals surface area contributed by atoms with Crippen molar-refractivity contribution in [2.45, 2.75) is 6.04 Å². The van der Waals surface area contributed by atoms with Gasteiger partial charge in [-0.15, -0.1) is 0 Å². The molecule has 8 nitrogen and oxygen atoms in total. The Hall–Kier alpha value is -1.64. The molecule has 0 aromatic carbocycles. The zero-order chi connectivity index (χ0) is 12.6. The van der Waals surface area contributed by atoms with E-state index in [2.05, 4.69) is 15.0 Å². The zero-order valence-electron chi connectivity index (χ0n) is 9.40. The van der Waals surface area contributed by atoms with E-state index >= 15 is 0 Å². The molecule has 3 heterocycles. The predicted molar refractivity (Wildman–Crippen MR) is 62.6 cm³/mol. The van der Waals surface area contributed by atoms with Crippen molar-refractivity contribution in [3.05, 3.63) is 0 Å². The van der Waals surface area contributed by atoms with Crippen molar-refractivity contribution in [1.82, 2.24) is 0 Å². The Balaban J connectivity index is 1.83. The van der Waals surface area contributed by atoms with Crippen molar-refractivity contribution >= 4 is 26.2 Å². The number of hydrogen-bond acceptors (Lipinski definition) is 8. The average molecular weight is 273 g/mol. The van der Waals surface area contributed by atoms with Gasteiger partial charge in [-0.25, -0.2) is 18.4 Å². The second kappa shape index (κ2) is 4.23. The van der Waals surface area contributed by atoms with Gasteiger partial charge in [0.1, 0.15) is 19.8 Å². The van der Waals surface area contributed by atoms with E-state index in [0.717, 1.165) is 0 Å². The van der Waals surface area contributed by atoms with Crippen LogP contribution in [-0.4, -0.2) is 63.7 Å². The molecule has 0 fully saturated rings. The zero-order valence-corrected chi connectivity index (χ0v) is 10.2. The second-order valence-electron chi connectivity index (χ2n) is 3.79. The molecule has 0 aromatic rings. The molecule has 1 unspecified atom stereocenters. The standard InChI is InChI=1S/C9H11N3O5S/c13-18(14,8-11-2-4-16-8)9-12-6(5-17-9)7-10-1-3-15-7/h6H,1-5H2. The van der Waals surface area contributed by atoms with E-state index in [-0.39, 0.29) is 23.7 Å². The molecule has 0 aliphatic carbocycles. The van der Waals surface area contributed by atoms with Crippen LogP contribution in [0.15, 0.2) is 15.0 Å². The Morgan fingerprint density at radius 2 is 1.78 bits per heavy atom. The number of nitrogens with zero attached hydrogens (tertiary/aromatic N) is 3. The number of sulfone groups is 1. The first kappa shape index (κ1) is 11.5. The van der Waals surface area contributed by atoms with Crippen molar-refractivity contribution in [2.24, 2.45) is 15.0 Å². The minimum Gasteiger partial charge on any atom is -0.477 e. The molecule has 3 aliphatic heterocycles. The van der Waals surface area contributed by atoms with Crippen molar-refractivity contribution in [3.8, 4) is 0 Å². The molecule has 9 heteroatoms. The fourth-order valence-corrected chi connectivity index (χ4v) is 2.87. The highest BCUT2D eigenvalue weighted by Gasteiger charge is 2.39. The van der Waals surface area contributed by atoms with Crippen LogP contribution in [0.25, 0.3) is 0 Å². The summed E-state index contributed by atoms with van der Waals surface area (Å²) in [5, 5.41) is -0.692. The fraction of sp³-hybridized carbons (Fsp3) is 0.667. The van der Waals surface area contributed by atoms with Crippen LogP contribution >= 0.6 is 0 Å². The Morgan fingerprint density at radius 1 is 1.00 bits per heavy atom. The van der Waals surface area contributed by atoms with Gasteiger partial charge in [0, 0.05) is 0 Å². The third-order valence-electron chi connectivity index (χ3n) is 2.54. The quantitative estimate of drug-likeness (QED) is 0.608. The summed E-state index contributed by atoms with van der Waals surface area (Å²) in [5.41, 5.74) is 0. The summed E-state index contributed by atoms with van der Waals surface area (Å²) in [6.45, 7) is 1.78. The van der Waals surface area contributed by atoms with Gasteiger partial charge in [-0.2, -0.15) is 0 Å². The summed E-state index contributed by atoms with van der Waals surface area (Å²) < 4.78 is 39.3. The number of aliphatic imine (C=N–C) groups is 3. The van der Waals surface area contributed by atoms with Gasteiger partial charge in [-0.3, -0.25) is 4.99 Å². The normalized spacial score (nSPS) is 26.9. The first-order valence-corrected chi connectivity index (χ1v) is 6.96. The van der Waals surface area contributed by atoms with Crippen LogP contribution in [0.4, 0.5) is 0 Å². The lowest BCUT2D eigenvalue weighted by Gasteiger charge is -2.03. The molecule has 0 radical (unpaired) electrons. The van der Waals surface area contributed by atoms with E-state index in [1.165, 1.54) is 0 Å². The van der Waals surface area contributed by atoms with Gasteiger partial charge in [-0.05, 0) is 0 Å². The lowest BCUT2D eigenvalue weighted by atomic mass is 10.3. The molecular formula is C9H11N3O5S. The van der Waals surface area contributed by atoms with Crippen LogP contribution in [0.5, 0.6) is 0 Å². The number of rotatable bonds is 1. The molecule has 0 bridgehead atoms. The Bertz CT molecular complexity index is 551. The summed E-state index contributed by atoms with van der Waals surface area (Å²) in [4.78, 5) is 11.8. The summed E-state index contributed by atoms with van der Waals surface area (Å²) in [5.74, 6) is 0.425. The highest BCUT2D eigenvalue weighted by molar-refractivity contribution is 8.18. The molecule has 0 aromatic heterocycles. The summed E-state index contributed by atoms with van der Waals surface area (Å²) in [7, 11) is -3.86. The third kappa shape index (κ3) is 1.84. The van der Waals surface area contributed by atoms with Crippen molar-refractivity contribution in [1.29, 1.82) is 0 Å². The molecule has 0 amide bonds. The third-order valence-corrected chi connectivity index (χ3v) is 3.93. The average Bonchev–Trinajstić information content (AvgIpc) is 3.12. The van der Waals surface area contributed by atoms with E-state index in [9.17, 15) is 8.42 Å². The van der Waals surface area contributed by atoms with Crippen LogP contribution < -0.4 is 0 Å².